The molecule has 4 heteroatoms. The minimum Gasteiger partial charge on any atom is -0.367 e. The summed E-state index contributed by atoms with van der Waals surface area (Å²) in [5.74, 6) is 1.60. The van der Waals surface area contributed by atoms with E-state index < -0.39 is 0 Å². The average molecular weight is 282 g/mol. The van der Waals surface area contributed by atoms with Crippen LogP contribution in [0.4, 0.5) is 5.82 Å². The number of rotatable bonds is 4. The molecule has 0 fully saturated rings. The van der Waals surface area contributed by atoms with Crippen LogP contribution in [0.1, 0.15) is 27.3 Å². The zero-order valence-corrected chi connectivity index (χ0v) is 12.7. The van der Waals surface area contributed by atoms with Gasteiger partial charge in [-0.1, -0.05) is 30.7 Å². The van der Waals surface area contributed by atoms with E-state index in [2.05, 4.69) is 60.3 Å². The van der Waals surface area contributed by atoms with Gasteiger partial charge in [-0.05, 0) is 32.4 Å². The summed E-state index contributed by atoms with van der Waals surface area (Å²) in [4.78, 5) is 9.20. The minimum absolute atomic E-state index is 0. The molecule has 2 aromatic heterocycles. The molecule has 0 saturated carbocycles. The van der Waals surface area contributed by atoms with Crippen molar-refractivity contribution in [2.24, 2.45) is 0 Å². The highest BCUT2D eigenvalue weighted by molar-refractivity contribution is 5.62. The maximum absolute atomic E-state index is 4.63. The Balaban J connectivity index is 0.00000176. The fraction of sp³-hybridized carbons (Fsp3) is 0.294. The van der Waals surface area contributed by atoms with Gasteiger partial charge in [0.2, 0.25) is 5.78 Å². The van der Waals surface area contributed by atoms with Gasteiger partial charge in [-0.25, -0.2) is 4.98 Å². The van der Waals surface area contributed by atoms with Gasteiger partial charge in [0.05, 0.1) is 5.69 Å². The summed E-state index contributed by atoms with van der Waals surface area (Å²) in [6.45, 7) is 6.39. The molecule has 0 spiro atoms. The molecule has 1 N–H and O–H groups in total. The number of aryl methyl sites for hydroxylation is 1. The second-order valence-electron chi connectivity index (χ2n) is 5.47. The third-order valence-electron chi connectivity index (χ3n) is 3.65. The van der Waals surface area contributed by atoms with Gasteiger partial charge in [-0.3, -0.25) is 4.40 Å². The summed E-state index contributed by atoms with van der Waals surface area (Å²) in [6.07, 6.45) is 5.08. The van der Waals surface area contributed by atoms with E-state index in [4.69, 9.17) is 0 Å². The molecule has 0 radical (unpaired) electrons. The molecule has 2 heterocycles. The van der Waals surface area contributed by atoms with Crippen LogP contribution >= 0.6 is 0 Å². The van der Waals surface area contributed by atoms with E-state index in [-0.39, 0.29) is 1.43 Å². The van der Waals surface area contributed by atoms with Crippen molar-refractivity contribution in [3.8, 4) is 11.3 Å². The smallest absolute Gasteiger partial charge is 0.236 e. The van der Waals surface area contributed by atoms with Crippen molar-refractivity contribution in [3.63, 3.8) is 0 Å². The zero-order chi connectivity index (χ0) is 14.8. The van der Waals surface area contributed by atoms with Crippen molar-refractivity contribution in [1.29, 1.82) is 0 Å². The molecule has 0 bridgehead atoms. The molecular formula is C17H22N4. The second kappa shape index (κ2) is 5.56. The third-order valence-corrected chi connectivity index (χ3v) is 3.65. The lowest BCUT2D eigenvalue weighted by molar-refractivity contribution is 0.759. The SMILES string of the molecule is CCC(C)Nc1ccn2cc(-c3cccc(C)c3)nc2n1.[HH]. The van der Waals surface area contributed by atoms with Crippen LogP contribution in [0.3, 0.4) is 0 Å². The molecular weight excluding hydrogens is 260 g/mol. The van der Waals surface area contributed by atoms with Crippen LogP contribution < -0.4 is 5.32 Å². The molecule has 1 unspecified atom stereocenters. The van der Waals surface area contributed by atoms with Crippen molar-refractivity contribution in [3.05, 3.63) is 48.3 Å². The molecule has 0 saturated heterocycles. The molecule has 21 heavy (non-hydrogen) atoms. The van der Waals surface area contributed by atoms with Crippen molar-refractivity contribution < 1.29 is 1.43 Å². The quantitative estimate of drug-likeness (QED) is 0.781. The van der Waals surface area contributed by atoms with E-state index in [0.717, 1.165) is 29.3 Å². The van der Waals surface area contributed by atoms with Crippen LogP contribution in [0.2, 0.25) is 0 Å². The topological polar surface area (TPSA) is 42.2 Å². The molecule has 1 aromatic carbocycles. The van der Waals surface area contributed by atoms with Gasteiger partial charge in [0.25, 0.3) is 0 Å². The van der Waals surface area contributed by atoms with Crippen LogP contribution in [0.15, 0.2) is 42.7 Å². The Kier molecular flexibility index (Phi) is 3.60. The lowest BCUT2D eigenvalue weighted by Gasteiger charge is -2.11. The second-order valence-corrected chi connectivity index (χ2v) is 5.47. The molecule has 3 rings (SSSR count). The maximum Gasteiger partial charge on any atom is 0.236 e. The standard InChI is InChI=1S/C17H20N4.H2/c1-4-13(3)18-16-8-9-21-11-15(19-17(21)20-16)14-7-5-6-12(2)10-14;/h5-11,13H,4H2,1-3H3,(H,18,19,20);1H. The normalized spacial score (nSPS) is 12.5. The summed E-state index contributed by atoms with van der Waals surface area (Å²) in [5.41, 5.74) is 3.31. The van der Waals surface area contributed by atoms with Crippen molar-refractivity contribution in [2.45, 2.75) is 33.2 Å². The summed E-state index contributed by atoms with van der Waals surface area (Å²) in [5, 5.41) is 3.38. The highest BCUT2D eigenvalue weighted by Crippen LogP contribution is 2.20. The number of anilines is 1. The Labute approximate surface area is 126 Å². The molecule has 1 atom stereocenters. The highest BCUT2D eigenvalue weighted by Gasteiger charge is 2.07. The minimum atomic E-state index is 0. The molecule has 3 aromatic rings. The van der Waals surface area contributed by atoms with Gasteiger partial charge in [0.15, 0.2) is 0 Å². The first kappa shape index (κ1) is 13.6. The molecule has 0 amide bonds. The monoisotopic (exact) mass is 282 g/mol. The number of nitrogens with one attached hydrogen (secondary N) is 1. The van der Waals surface area contributed by atoms with Crippen LogP contribution in [0.5, 0.6) is 0 Å². The van der Waals surface area contributed by atoms with E-state index in [0.29, 0.717) is 6.04 Å². The van der Waals surface area contributed by atoms with Gasteiger partial charge < -0.3 is 5.32 Å². The Bertz CT molecular complexity index is 766. The predicted molar refractivity (Wildman–Crippen MR) is 88.6 cm³/mol. The van der Waals surface area contributed by atoms with Crippen molar-refractivity contribution >= 4 is 11.6 Å². The Hall–Kier alpha value is -2.36. The van der Waals surface area contributed by atoms with Gasteiger partial charge in [0, 0.05) is 25.4 Å². The van der Waals surface area contributed by atoms with E-state index >= 15 is 0 Å². The largest absolute Gasteiger partial charge is 0.367 e. The molecule has 0 aliphatic carbocycles. The first-order valence-corrected chi connectivity index (χ1v) is 7.35. The Morgan fingerprint density at radius 1 is 1.29 bits per heavy atom. The third kappa shape index (κ3) is 2.89. The lowest BCUT2D eigenvalue weighted by atomic mass is 10.1. The summed E-state index contributed by atoms with van der Waals surface area (Å²) in [6, 6.07) is 10.8. The number of benzene rings is 1. The first-order chi connectivity index (χ1) is 10.2. The fourth-order valence-electron chi connectivity index (χ4n) is 2.25. The first-order valence-electron chi connectivity index (χ1n) is 7.35. The Morgan fingerprint density at radius 3 is 2.90 bits per heavy atom. The highest BCUT2D eigenvalue weighted by atomic mass is 15.1. The number of aromatic nitrogens is 3. The maximum atomic E-state index is 4.63. The van der Waals surface area contributed by atoms with E-state index in [1.807, 2.05) is 22.9 Å². The molecule has 0 aliphatic heterocycles. The Morgan fingerprint density at radius 2 is 2.14 bits per heavy atom. The predicted octanol–water partition coefficient (Wildman–Crippen LogP) is 4.16. The summed E-state index contributed by atoms with van der Waals surface area (Å²) >= 11 is 0. The van der Waals surface area contributed by atoms with Gasteiger partial charge in [-0.2, -0.15) is 4.98 Å². The molecule has 0 aliphatic rings. The van der Waals surface area contributed by atoms with Crippen molar-refractivity contribution in [1.82, 2.24) is 14.4 Å². The number of fused-ring (bicyclic) bond motifs is 1. The van der Waals surface area contributed by atoms with E-state index in [9.17, 15) is 0 Å². The van der Waals surface area contributed by atoms with Crippen LogP contribution in [0, 0.1) is 6.92 Å². The van der Waals surface area contributed by atoms with Gasteiger partial charge in [-0.15, -0.1) is 0 Å². The van der Waals surface area contributed by atoms with Crippen molar-refractivity contribution in [2.75, 3.05) is 5.32 Å². The molecule has 110 valence electrons. The average Bonchev–Trinajstić information content (AvgIpc) is 2.90. The lowest BCUT2D eigenvalue weighted by Crippen LogP contribution is -2.14. The summed E-state index contributed by atoms with van der Waals surface area (Å²) < 4.78 is 1.96. The number of hydrogen-bond donors (Lipinski definition) is 1. The van der Waals surface area contributed by atoms with Crippen LogP contribution in [0.25, 0.3) is 17.0 Å². The number of nitrogens with zero attached hydrogens (tertiary/aromatic N) is 3. The molecule has 4 nitrogen and oxygen atoms in total. The zero-order valence-electron chi connectivity index (χ0n) is 12.7. The number of imidazole rings is 1. The summed E-state index contributed by atoms with van der Waals surface area (Å²) in [7, 11) is 0. The van der Waals surface area contributed by atoms with Gasteiger partial charge >= 0.3 is 0 Å². The number of hydrogen-bond acceptors (Lipinski definition) is 3. The van der Waals surface area contributed by atoms with E-state index in [1.54, 1.807) is 0 Å². The van der Waals surface area contributed by atoms with E-state index in [1.165, 1.54) is 5.56 Å². The van der Waals surface area contributed by atoms with Gasteiger partial charge in [0.1, 0.15) is 5.82 Å². The van der Waals surface area contributed by atoms with Crippen LogP contribution in [-0.2, 0) is 0 Å². The fourth-order valence-corrected chi connectivity index (χ4v) is 2.25. The van der Waals surface area contributed by atoms with Crippen LogP contribution in [-0.4, -0.2) is 20.4 Å².